The molecule has 5 heteroatoms. The van der Waals surface area contributed by atoms with Gasteiger partial charge in [0.1, 0.15) is 5.82 Å². The first-order valence-corrected chi connectivity index (χ1v) is 7.96. The van der Waals surface area contributed by atoms with E-state index in [0.29, 0.717) is 17.8 Å². The minimum Gasteiger partial charge on any atom is -0.306 e. The number of carbonyl (C=O) groups is 1. The lowest BCUT2D eigenvalue weighted by atomic mass is 10.1. The molecule has 3 rings (SSSR count). The van der Waals surface area contributed by atoms with Crippen molar-refractivity contribution < 1.29 is 4.79 Å². The number of pyridine rings is 1. The van der Waals surface area contributed by atoms with Gasteiger partial charge >= 0.3 is 0 Å². The largest absolute Gasteiger partial charge is 0.306 e. The molecule has 3 aromatic rings. The van der Waals surface area contributed by atoms with Gasteiger partial charge in [0.15, 0.2) is 0 Å². The van der Waals surface area contributed by atoms with E-state index in [1.807, 2.05) is 55.8 Å². The molecule has 24 heavy (non-hydrogen) atoms. The first-order valence-electron chi connectivity index (χ1n) is 7.96. The third kappa shape index (κ3) is 3.20. The van der Waals surface area contributed by atoms with E-state index in [9.17, 15) is 4.79 Å². The number of amides is 1. The van der Waals surface area contributed by atoms with E-state index in [2.05, 4.69) is 15.4 Å². The zero-order chi connectivity index (χ0) is 17.1. The Balaban J connectivity index is 1.89. The molecule has 0 atom stereocenters. The van der Waals surface area contributed by atoms with Crippen LogP contribution >= 0.6 is 0 Å². The Bertz CT molecular complexity index is 848. The van der Waals surface area contributed by atoms with E-state index in [1.54, 1.807) is 18.5 Å². The van der Waals surface area contributed by atoms with Crippen LogP contribution in [0.15, 0.2) is 48.8 Å². The zero-order valence-corrected chi connectivity index (χ0v) is 14.1. The number of aryl methyl sites for hydroxylation is 2. The second-order valence-corrected chi connectivity index (χ2v) is 5.78. The highest BCUT2D eigenvalue weighted by Crippen LogP contribution is 2.17. The third-order valence-corrected chi connectivity index (χ3v) is 3.88. The maximum absolute atomic E-state index is 12.6. The molecule has 2 heterocycles. The molecule has 1 amide bonds. The van der Waals surface area contributed by atoms with Crippen molar-refractivity contribution in [2.24, 2.45) is 0 Å². The van der Waals surface area contributed by atoms with Crippen molar-refractivity contribution in [3.8, 4) is 5.69 Å². The van der Waals surface area contributed by atoms with Crippen LogP contribution in [-0.4, -0.2) is 20.7 Å². The minimum atomic E-state index is -0.193. The van der Waals surface area contributed by atoms with Gasteiger partial charge in [-0.2, -0.15) is 5.10 Å². The molecule has 0 fully saturated rings. The number of benzene rings is 1. The van der Waals surface area contributed by atoms with Gasteiger partial charge in [-0.15, -0.1) is 0 Å². The summed E-state index contributed by atoms with van der Waals surface area (Å²) in [6, 6.07) is 11.8. The van der Waals surface area contributed by atoms with Gasteiger partial charge in [-0.3, -0.25) is 4.79 Å². The Morgan fingerprint density at radius 1 is 1.04 bits per heavy atom. The molecule has 122 valence electrons. The lowest BCUT2D eigenvalue weighted by Gasteiger charge is -2.09. The number of anilines is 1. The summed E-state index contributed by atoms with van der Waals surface area (Å²) in [5.41, 5.74) is 4.63. The van der Waals surface area contributed by atoms with Gasteiger partial charge in [-0.1, -0.05) is 30.7 Å². The fourth-order valence-corrected chi connectivity index (χ4v) is 2.54. The van der Waals surface area contributed by atoms with Crippen molar-refractivity contribution in [1.29, 1.82) is 0 Å². The molecule has 0 aliphatic carbocycles. The molecule has 2 aromatic heterocycles. The van der Waals surface area contributed by atoms with Crippen LogP contribution in [0.4, 0.5) is 5.82 Å². The lowest BCUT2D eigenvalue weighted by Crippen LogP contribution is -2.15. The van der Waals surface area contributed by atoms with Crippen LogP contribution in [0, 0.1) is 13.8 Å². The molecule has 0 aliphatic heterocycles. The van der Waals surface area contributed by atoms with Gasteiger partial charge in [-0.25, -0.2) is 9.67 Å². The maximum Gasteiger partial charge on any atom is 0.260 e. The average Bonchev–Trinajstić information content (AvgIpc) is 3.01. The highest BCUT2D eigenvalue weighted by molar-refractivity contribution is 6.04. The standard InChI is InChI=1S/C19H20N4O/c1-4-17-16(19(24)22-18-10-7-14(3)11-20-18)12-21-23(17)15-8-5-13(2)6-9-15/h5-12H,4H2,1-3H3,(H,20,22,24). The highest BCUT2D eigenvalue weighted by atomic mass is 16.1. The summed E-state index contributed by atoms with van der Waals surface area (Å²) in [6.45, 7) is 6.02. The fourth-order valence-electron chi connectivity index (χ4n) is 2.54. The van der Waals surface area contributed by atoms with Crippen LogP contribution in [0.3, 0.4) is 0 Å². The highest BCUT2D eigenvalue weighted by Gasteiger charge is 2.17. The Kier molecular flexibility index (Phi) is 4.42. The first-order chi connectivity index (χ1) is 11.6. The van der Waals surface area contributed by atoms with E-state index in [-0.39, 0.29) is 5.91 Å². The monoisotopic (exact) mass is 320 g/mol. The average molecular weight is 320 g/mol. The Morgan fingerprint density at radius 2 is 1.75 bits per heavy atom. The molecule has 5 nitrogen and oxygen atoms in total. The quantitative estimate of drug-likeness (QED) is 0.797. The molecule has 0 aliphatic rings. The molecule has 1 aromatic carbocycles. The molecule has 0 spiro atoms. The summed E-state index contributed by atoms with van der Waals surface area (Å²) in [4.78, 5) is 16.8. The minimum absolute atomic E-state index is 0.193. The number of hydrogen-bond donors (Lipinski definition) is 1. The number of hydrogen-bond acceptors (Lipinski definition) is 3. The summed E-state index contributed by atoms with van der Waals surface area (Å²) in [6.07, 6.45) is 4.05. The van der Waals surface area contributed by atoms with Gasteiger partial charge in [0.2, 0.25) is 0 Å². The van der Waals surface area contributed by atoms with Crippen molar-refractivity contribution in [3.63, 3.8) is 0 Å². The predicted molar refractivity (Wildman–Crippen MR) is 94.6 cm³/mol. The van der Waals surface area contributed by atoms with E-state index in [4.69, 9.17) is 0 Å². The Hall–Kier alpha value is -2.95. The second kappa shape index (κ2) is 6.66. The number of nitrogens with one attached hydrogen (secondary N) is 1. The molecule has 1 N–H and O–H groups in total. The topological polar surface area (TPSA) is 59.8 Å². The number of carbonyl (C=O) groups excluding carboxylic acids is 1. The van der Waals surface area contributed by atoms with Crippen molar-refractivity contribution in [2.75, 3.05) is 5.32 Å². The van der Waals surface area contributed by atoms with Crippen molar-refractivity contribution >= 4 is 11.7 Å². The van der Waals surface area contributed by atoms with Crippen LogP contribution in [0.1, 0.15) is 34.1 Å². The summed E-state index contributed by atoms with van der Waals surface area (Å²) in [5, 5.41) is 7.23. The van der Waals surface area contributed by atoms with Crippen molar-refractivity contribution in [2.45, 2.75) is 27.2 Å². The van der Waals surface area contributed by atoms with Crippen molar-refractivity contribution in [1.82, 2.24) is 14.8 Å². The first kappa shape index (κ1) is 15.9. The summed E-state index contributed by atoms with van der Waals surface area (Å²) in [7, 11) is 0. The van der Waals surface area contributed by atoms with E-state index >= 15 is 0 Å². The molecular formula is C19H20N4O. The van der Waals surface area contributed by atoms with Crippen LogP contribution in [0.5, 0.6) is 0 Å². The maximum atomic E-state index is 12.6. The lowest BCUT2D eigenvalue weighted by molar-refractivity contribution is 0.102. The molecule has 0 radical (unpaired) electrons. The molecule has 0 bridgehead atoms. The van der Waals surface area contributed by atoms with Crippen LogP contribution in [-0.2, 0) is 6.42 Å². The summed E-state index contributed by atoms with van der Waals surface area (Å²) < 4.78 is 1.82. The van der Waals surface area contributed by atoms with Gasteiger partial charge in [-0.05, 0) is 44.0 Å². The SMILES string of the molecule is CCc1c(C(=O)Nc2ccc(C)cn2)cnn1-c1ccc(C)cc1. The summed E-state index contributed by atoms with van der Waals surface area (Å²) in [5.74, 6) is 0.345. The molecule has 0 unspecified atom stereocenters. The third-order valence-electron chi connectivity index (χ3n) is 3.88. The van der Waals surface area contributed by atoms with E-state index < -0.39 is 0 Å². The van der Waals surface area contributed by atoms with Crippen molar-refractivity contribution in [3.05, 3.63) is 71.2 Å². The van der Waals surface area contributed by atoms with Gasteiger partial charge < -0.3 is 5.32 Å². The van der Waals surface area contributed by atoms with Gasteiger partial charge in [0.25, 0.3) is 5.91 Å². The number of aromatic nitrogens is 3. The zero-order valence-electron chi connectivity index (χ0n) is 14.1. The number of nitrogens with zero attached hydrogens (tertiary/aromatic N) is 3. The van der Waals surface area contributed by atoms with Crippen LogP contribution in [0.25, 0.3) is 5.69 Å². The van der Waals surface area contributed by atoms with E-state index in [0.717, 1.165) is 16.9 Å². The Morgan fingerprint density at radius 3 is 2.38 bits per heavy atom. The Labute approximate surface area is 141 Å². The van der Waals surface area contributed by atoms with Gasteiger partial charge in [0, 0.05) is 6.20 Å². The smallest absolute Gasteiger partial charge is 0.260 e. The molecular weight excluding hydrogens is 300 g/mol. The predicted octanol–water partition coefficient (Wildman–Crippen LogP) is 3.70. The second-order valence-electron chi connectivity index (χ2n) is 5.78. The van der Waals surface area contributed by atoms with Crippen LogP contribution < -0.4 is 5.32 Å². The fraction of sp³-hybridized carbons (Fsp3) is 0.211. The number of rotatable bonds is 4. The summed E-state index contributed by atoms with van der Waals surface area (Å²) >= 11 is 0. The molecule has 0 saturated heterocycles. The normalized spacial score (nSPS) is 10.6. The van der Waals surface area contributed by atoms with Gasteiger partial charge in [0.05, 0.1) is 23.1 Å². The van der Waals surface area contributed by atoms with E-state index in [1.165, 1.54) is 5.56 Å². The van der Waals surface area contributed by atoms with Crippen LogP contribution in [0.2, 0.25) is 0 Å². The molecule has 0 saturated carbocycles.